The molecule has 0 amide bonds. The van der Waals surface area contributed by atoms with Gasteiger partial charge in [0.25, 0.3) is 0 Å². The van der Waals surface area contributed by atoms with Crippen LogP contribution in [0.5, 0.6) is 0 Å². The van der Waals surface area contributed by atoms with Crippen LogP contribution in [0.2, 0.25) is 0 Å². The number of hydrogen-bond donors (Lipinski definition) is 1. The first-order valence-electron chi connectivity index (χ1n) is 22.7. The van der Waals surface area contributed by atoms with Crippen molar-refractivity contribution in [2.24, 2.45) is 0 Å². The molecule has 9 aromatic rings. The van der Waals surface area contributed by atoms with E-state index in [1.54, 1.807) is 0 Å². The van der Waals surface area contributed by atoms with Crippen LogP contribution in [0, 0.1) is 0 Å². The van der Waals surface area contributed by atoms with Crippen LogP contribution in [0.15, 0.2) is 138 Å². The molecule has 2 aromatic heterocycles. The number of nitrogens with one attached hydrogen (secondary N) is 1. The van der Waals surface area contributed by atoms with E-state index in [0.29, 0.717) is 0 Å². The third-order valence-electron chi connectivity index (χ3n) is 14.1. The maximum atomic E-state index is 6.70. The van der Waals surface area contributed by atoms with Gasteiger partial charge in [-0.1, -0.05) is 167 Å². The Morgan fingerprint density at radius 2 is 1.25 bits per heavy atom. The Bertz CT molecular complexity index is 3340. The summed E-state index contributed by atoms with van der Waals surface area (Å²) < 4.78 is 9.27. The van der Waals surface area contributed by atoms with Gasteiger partial charge in [0.1, 0.15) is 11.3 Å². The molecule has 7 aromatic carbocycles. The maximum Gasteiger partial charge on any atom is 0.197 e. The van der Waals surface area contributed by atoms with Crippen molar-refractivity contribution in [3.63, 3.8) is 0 Å². The Morgan fingerprint density at radius 1 is 0.603 bits per heavy atom. The highest BCUT2D eigenvalue weighted by Gasteiger charge is 2.43. The normalized spacial score (nSPS) is 14.2. The molecule has 2 aliphatic rings. The van der Waals surface area contributed by atoms with Gasteiger partial charge in [-0.05, 0) is 109 Å². The van der Waals surface area contributed by atoms with Gasteiger partial charge in [-0.15, -0.1) is 0 Å². The highest BCUT2D eigenvalue weighted by molar-refractivity contribution is 6.74. The minimum absolute atomic E-state index is 0.0246. The molecule has 1 aliphatic heterocycles. The van der Waals surface area contributed by atoms with Crippen molar-refractivity contribution in [3.05, 3.63) is 161 Å². The zero-order valence-corrected chi connectivity index (χ0v) is 38.6. The number of anilines is 2. The molecule has 0 saturated carbocycles. The Labute approximate surface area is 373 Å². The molecule has 1 N–H and O–H groups in total. The fourth-order valence-electron chi connectivity index (χ4n) is 10.6. The Morgan fingerprint density at radius 3 is 1.97 bits per heavy atom. The molecule has 0 spiro atoms. The lowest BCUT2D eigenvalue weighted by molar-refractivity contribution is 0.590. The molecule has 4 heteroatoms. The molecule has 1 aliphatic carbocycles. The number of aromatic nitrogens is 1. The predicted octanol–water partition coefficient (Wildman–Crippen LogP) is 14.8. The van der Waals surface area contributed by atoms with Crippen molar-refractivity contribution < 1.29 is 4.42 Å². The number of rotatable bonds is 4. The van der Waals surface area contributed by atoms with Crippen LogP contribution >= 0.6 is 0 Å². The summed E-state index contributed by atoms with van der Waals surface area (Å²) in [6, 6.07) is 49.9. The van der Waals surface area contributed by atoms with Gasteiger partial charge < -0.3 is 14.3 Å². The van der Waals surface area contributed by atoms with Crippen molar-refractivity contribution in [1.29, 1.82) is 0 Å². The SMILES string of the molecule is CC(C)(C)c1ccc(Nc2ccc(C(C)(C)C)cc2-c2c3c(c4c5cc(C(C)(C)C)ccc5n5c4c2[B]c2cc4cc(-c6ccccc6)oc4cc2-5)-c2ccccc2C3(C)C)cc1. The zero-order valence-electron chi connectivity index (χ0n) is 38.6. The second-order valence-corrected chi connectivity index (χ2v) is 21.8. The molecule has 1 radical (unpaired) electrons. The van der Waals surface area contributed by atoms with Gasteiger partial charge in [0.2, 0.25) is 0 Å². The Hall–Kier alpha value is -6.26. The molecule has 3 heterocycles. The average molecular weight is 820 g/mol. The third-order valence-corrected chi connectivity index (χ3v) is 14.1. The fraction of sp³-hybridized carbons (Fsp3) is 0.254. The molecule has 0 saturated heterocycles. The summed E-state index contributed by atoms with van der Waals surface area (Å²) in [5.41, 5.74) is 21.8. The number of nitrogens with zero attached hydrogens (tertiary/aromatic N) is 1. The van der Waals surface area contributed by atoms with Gasteiger partial charge in [-0.2, -0.15) is 0 Å². The topological polar surface area (TPSA) is 30.1 Å². The Kier molecular flexibility index (Phi) is 8.41. The summed E-state index contributed by atoms with van der Waals surface area (Å²) in [6.07, 6.45) is 0. The third kappa shape index (κ3) is 6.08. The first-order chi connectivity index (χ1) is 29.9. The molecule has 311 valence electrons. The van der Waals surface area contributed by atoms with E-state index in [-0.39, 0.29) is 21.7 Å². The summed E-state index contributed by atoms with van der Waals surface area (Å²) in [6.45, 7) is 25.7. The highest BCUT2D eigenvalue weighted by atomic mass is 16.3. The summed E-state index contributed by atoms with van der Waals surface area (Å²) in [7, 11) is 2.50. The van der Waals surface area contributed by atoms with Crippen molar-refractivity contribution in [2.45, 2.75) is 97.8 Å². The highest BCUT2D eigenvalue weighted by Crippen LogP contribution is 2.57. The van der Waals surface area contributed by atoms with Gasteiger partial charge in [-0.3, -0.25) is 0 Å². The molecular formula is C59H56BN2O. The molecule has 63 heavy (non-hydrogen) atoms. The van der Waals surface area contributed by atoms with E-state index >= 15 is 0 Å². The van der Waals surface area contributed by atoms with Crippen LogP contribution in [-0.2, 0) is 21.7 Å². The lowest BCUT2D eigenvalue weighted by atomic mass is 9.57. The quantitative estimate of drug-likeness (QED) is 0.179. The Balaban J connectivity index is 1.28. The monoisotopic (exact) mass is 819 g/mol. The second kappa shape index (κ2) is 13.4. The second-order valence-electron chi connectivity index (χ2n) is 21.8. The molecule has 3 nitrogen and oxygen atoms in total. The predicted molar refractivity (Wildman–Crippen MR) is 270 cm³/mol. The van der Waals surface area contributed by atoms with Crippen LogP contribution < -0.4 is 16.2 Å². The van der Waals surface area contributed by atoms with Crippen molar-refractivity contribution in [3.8, 4) is 39.3 Å². The van der Waals surface area contributed by atoms with Crippen LogP contribution in [0.3, 0.4) is 0 Å². The van der Waals surface area contributed by atoms with E-state index in [9.17, 15) is 0 Å². The van der Waals surface area contributed by atoms with Gasteiger partial charge in [0.05, 0.1) is 5.52 Å². The van der Waals surface area contributed by atoms with Crippen molar-refractivity contribution in [1.82, 2.24) is 4.57 Å². The van der Waals surface area contributed by atoms with Gasteiger partial charge >= 0.3 is 0 Å². The molecule has 0 bridgehead atoms. The van der Waals surface area contributed by atoms with E-state index < -0.39 is 0 Å². The largest absolute Gasteiger partial charge is 0.456 e. The van der Waals surface area contributed by atoms with E-state index in [0.717, 1.165) is 39.4 Å². The summed E-state index contributed by atoms with van der Waals surface area (Å²) in [4.78, 5) is 0. The number of benzene rings is 7. The first-order valence-corrected chi connectivity index (χ1v) is 22.7. The molecule has 0 atom stereocenters. The molecular weight excluding hydrogens is 763 g/mol. The minimum Gasteiger partial charge on any atom is -0.456 e. The first kappa shape index (κ1) is 39.6. The van der Waals surface area contributed by atoms with Crippen LogP contribution in [0.25, 0.3) is 72.0 Å². The lowest BCUT2D eigenvalue weighted by Gasteiger charge is -2.31. The average Bonchev–Trinajstić information content (AvgIpc) is 3.88. The van der Waals surface area contributed by atoms with Crippen molar-refractivity contribution >= 4 is 62.4 Å². The standard InChI is InChI=1S/C59H56BN2O/c1-56(2,3)36-21-25-39(26-22-36)61-45-27-23-37(57(4,5)6)31-41(45)52-53-50(40-19-15-16-20-43(40)59(53,10)11)51-42-32-38(58(7,8)9)24-28-46(42)62-47-33-49-35(29-44(47)60-54(52)55(51)62)30-48(63-49)34-17-13-12-14-18-34/h12-33,61H,1-11H3. The summed E-state index contributed by atoms with van der Waals surface area (Å²) in [5.74, 6) is 0.881. The summed E-state index contributed by atoms with van der Waals surface area (Å²) >= 11 is 0. The minimum atomic E-state index is -0.293. The van der Waals surface area contributed by atoms with Gasteiger partial charge in [0, 0.05) is 61.3 Å². The van der Waals surface area contributed by atoms with E-state index in [2.05, 4.69) is 227 Å². The number of furan rings is 1. The van der Waals surface area contributed by atoms with Gasteiger partial charge in [-0.25, -0.2) is 0 Å². The summed E-state index contributed by atoms with van der Waals surface area (Å²) in [5, 5.41) is 7.70. The van der Waals surface area contributed by atoms with Crippen molar-refractivity contribution in [2.75, 3.05) is 5.32 Å². The zero-order chi connectivity index (χ0) is 44.0. The molecule has 0 fully saturated rings. The molecule has 11 rings (SSSR count). The van der Waals surface area contributed by atoms with E-state index in [4.69, 9.17) is 4.42 Å². The maximum absolute atomic E-state index is 6.70. The van der Waals surface area contributed by atoms with Crippen LogP contribution in [-0.4, -0.2) is 11.8 Å². The van der Waals surface area contributed by atoms with Gasteiger partial charge in [0.15, 0.2) is 7.28 Å². The molecule has 0 unspecified atom stereocenters. The lowest BCUT2D eigenvalue weighted by Crippen LogP contribution is -2.38. The number of hydrogen-bond acceptors (Lipinski definition) is 2. The van der Waals surface area contributed by atoms with Crippen LogP contribution in [0.1, 0.15) is 104 Å². The van der Waals surface area contributed by atoms with E-state index in [1.165, 1.54) is 82.8 Å². The van der Waals surface area contributed by atoms with E-state index in [1.807, 2.05) is 0 Å². The van der Waals surface area contributed by atoms with Crippen LogP contribution in [0.4, 0.5) is 11.4 Å². The smallest absolute Gasteiger partial charge is 0.197 e. The fourth-order valence-corrected chi connectivity index (χ4v) is 10.6. The number of fused-ring (bicyclic) bond motifs is 10.